The van der Waals surface area contributed by atoms with Crippen molar-refractivity contribution < 1.29 is 4.74 Å². The van der Waals surface area contributed by atoms with Crippen molar-refractivity contribution in [1.82, 2.24) is 4.90 Å². The van der Waals surface area contributed by atoms with Gasteiger partial charge in [-0.25, -0.2) is 0 Å². The van der Waals surface area contributed by atoms with Gasteiger partial charge in [-0.15, -0.1) is 11.8 Å². The number of likely N-dealkylation sites (tertiary alicyclic amines) is 1. The predicted molar refractivity (Wildman–Crippen MR) is 107 cm³/mol. The number of hydrogen-bond donors (Lipinski definition) is 0. The van der Waals surface area contributed by atoms with Crippen molar-refractivity contribution in [3.05, 3.63) is 53.0 Å². The van der Waals surface area contributed by atoms with Crippen LogP contribution in [0.1, 0.15) is 37.2 Å². The molecule has 3 aliphatic rings. The highest BCUT2D eigenvalue weighted by Crippen LogP contribution is 2.44. The van der Waals surface area contributed by atoms with E-state index in [9.17, 15) is 0 Å². The molecule has 2 atom stereocenters. The SMILES string of the molecule is COc1ccc(C2CCN(CCC3C=CC=C4SCCC43)CC2)cc1. The number of allylic oxidation sites excluding steroid dienone is 4. The van der Waals surface area contributed by atoms with Crippen LogP contribution in [0, 0.1) is 11.8 Å². The quantitative estimate of drug-likeness (QED) is 0.730. The number of piperidine rings is 1. The first-order valence-electron chi connectivity index (χ1n) is 9.71. The van der Waals surface area contributed by atoms with Gasteiger partial charge in [-0.3, -0.25) is 0 Å². The fourth-order valence-corrected chi connectivity index (χ4v) is 5.86. The normalized spacial score (nSPS) is 27.2. The third-order valence-corrected chi connectivity index (χ3v) is 7.36. The lowest BCUT2D eigenvalue weighted by atomic mass is 9.83. The fourth-order valence-electron chi connectivity index (χ4n) is 4.57. The minimum atomic E-state index is 0.720. The predicted octanol–water partition coefficient (Wildman–Crippen LogP) is 5.09. The van der Waals surface area contributed by atoms with Crippen LogP contribution in [-0.4, -0.2) is 37.4 Å². The number of fused-ring (bicyclic) bond motifs is 1. The van der Waals surface area contributed by atoms with Gasteiger partial charge in [0.05, 0.1) is 7.11 Å². The first-order chi connectivity index (χ1) is 12.3. The third-order valence-electron chi connectivity index (χ3n) is 6.15. The van der Waals surface area contributed by atoms with E-state index in [1.54, 1.807) is 12.0 Å². The van der Waals surface area contributed by atoms with Gasteiger partial charge in [0.25, 0.3) is 0 Å². The van der Waals surface area contributed by atoms with Crippen molar-refractivity contribution in [3.63, 3.8) is 0 Å². The highest BCUT2D eigenvalue weighted by Gasteiger charge is 2.30. The number of nitrogens with zero attached hydrogens (tertiary/aromatic N) is 1. The molecule has 0 amide bonds. The molecule has 2 saturated heterocycles. The summed E-state index contributed by atoms with van der Waals surface area (Å²) in [5.41, 5.74) is 1.48. The van der Waals surface area contributed by atoms with Crippen LogP contribution in [-0.2, 0) is 0 Å². The smallest absolute Gasteiger partial charge is 0.118 e. The molecule has 0 aromatic heterocycles. The van der Waals surface area contributed by atoms with Gasteiger partial charge >= 0.3 is 0 Å². The highest BCUT2D eigenvalue weighted by atomic mass is 32.2. The Balaban J connectivity index is 1.25. The van der Waals surface area contributed by atoms with Crippen LogP contribution in [0.4, 0.5) is 0 Å². The summed E-state index contributed by atoms with van der Waals surface area (Å²) < 4.78 is 5.27. The molecule has 2 nitrogen and oxygen atoms in total. The second-order valence-electron chi connectivity index (χ2n) is 7.54. The number of methoxy groups -OCH3 is 1. The van der Waals surface area contributed by atoms with E-state index in [0.717, 1.165) is 23.5 Å². The van der Waals surface area contributed by atoms with Crippen LogP contribution in [0.3, 0.4) is 0 Å². The summed E-state index contributed by atoms with van der Waals surface area (Å²) in [6, 6.07) is 8.69. The Bertz CT molecular complexity index is 628. The van der Waals surface area contributed by atoms with Crippen LogP contribution >= 0.6 is 11.8 Å². The minimum Gasteiger partial charge on any atom is -0.497 e. The maximum atomic E-state index is 5.27. The molecule has 4 rings (SSSR count). The first kappa shape index (κ1) is 17.2. The Labute approximate surface area is 156 Å². The Kier molecular flexibility index (Phi) is 5.52. The van der Waals surface area contributed by atoms with E-state index in [1.165, 1.54) is 56.6 Å². The molecule has 1 aromatic carbocycles. The van der Waals surface area contributed by atoms with E-state index < -0.39 is 0 Å². The zero-order valence-corrected chi connectivity index (χ0v) is 16.0. The average Bonchev–Trinajstić information content (AvgIpc) is 3.16. The molecule has 2 unspecified atom stereocenters. The van der Waals surface area contributed by atoms with E-state index >= 15 is 0 Å². The number of ether oxygens (including phenoxy) is 1. The molecule has 134 valence electrons. The molecule has 2 fully saturated rings. The van der Waals surface area contributed by atoms with Crippen LogP contribution in [0.5, 0.6) is 5.75 Å². The Morgan fingerprint density at radius 1 is 1.12 bits per heavy atom. The zero-order chi connectivity index (χ0) is 17.1. The minimum absolute atomic E-state index is 0.720. The third kappa shape index (κ3) is 3.98. The molecule has 2 aliphatic heterocycles. The summed E-state index contributed by atoms with van der Waals surface area (Å²) in [7, 11) is 1.73. The van der Waals surface area contributed by atoms with Gasteiger partial charge in [-0.2, -0.15) is 0 Å². The molecule has 3 heteroatoms. The lowest BCUT2D eigenvalue weighted by Crippen LogP contribution is -2.35. The summed E-state index contributed by atoms with van der Waals surface area (Å²) in [4.78, 5) is 4.33. The Morgan fingerprint density at radius 2 is 1.92 bits per heavy atom. The molecule has 1 aromatic rings. The zero-order valence-electron chi connectivity index (χ0n) is 15.2. The van der Waals surface area contributed by atoms with E-state index in [-0.39, 0.29) is 0 Å². The van der Waals surface area contributed by atoms with Gasteiger partial charge in [-0.05, 0) is 91.4 Å². The maximum Gasteiger partial charge on any atom is 0.118 e. The molecular weight excluding hydrogens is 326 g/mol. The number of hydrogen-bond acceptors (Lipinski definition) is 3. The molecule has 2 heterocycles. The van der Waals surface area contributed by atoms with E-state index in [1.807, 2.05) is 0 Å². The molecule has 0 saturated carbocycles. The van der Waals surface area contributed by atoms with Crippen LogP contribution in [0.15, 0.2) is 47.4 Å². The molecule has 0 bridgehead atoms. The first-order valence-corrected chi connectivity index (χ1v) is 10.7. The standard InChI is InChI=1S/C22H29NOS/c1-24-20-7-5-17(6-8-20)18-9-13-23(14-10-18)15-11-19-3-2-4-22-21(19)12-16-25-22/h2-8,18-19,21H,9-16H2,1H3. The number of benzene rings is 1. The second kappa shape index (κ2) is 8.01. The molecule has 0 N–H and O–H groups in total. The fraction of sp³-hybridized carbons (Fsp3) is 0.545. The van der Waals surface area contributed by atoms with Crippen LogP contribution < -0.4 is 4.74 Å². The monoisotopic (exact) mass is 355 g/mol. The topological polar surface area (TPSA) is 12.5 Å². The van der Waals surface area contributed by atoms with E-state index in [0.29, 0.717) is 0 Å². The van der Waals surface area contributed by atoms with Crippen molar-refractivity contribution in [3.8, 4) is 5.75 Å². The number of thioether (sulfide) groups is 1. The van der Waals surface area contributed by atoms with Gasteiger partial charge in [0, 0.05) is 0 Å². The summed E-state index contributed by atoms with van der Waals surface area (Å²) in [6.45, 7) is 3.75. The summed E-state index contributed by atoms with van der Waals surface area (Å²) in [5.74, 6) is 4.60. The largest absolute Gasteiger partial charge is 0.497 e. The van der Waals surface area contributed by atoms with Gasteiger partial charge in [0.1, 0.15) is 5.75 Å². The lowest BCUT2D eigenvalue weighted by molar-refractivity contribution is 0.197. The summed E-state index contributed by atoms with van der Waals surface area (Å²) in [6.07, 6.45) is 12.4. The molecule has 25 heavy (non-hydrogen) atoms. The van der Waals surface area contributed by atoms with E-state index in [2.05, 4.69) is 59.2 Å². The van der Waals surface area contributed by atoms with Crippen molar-refractivity contribution in [2.45, 2.75) is 31.6 Å². The van der Waals surface area contributed by atoms with Gasteiger partial charge < -0.3 is 9.64 Å². The van der Waals surface area contributed by atoms with Crippen molar-refractivity contribution in [1.29, 1.82) is 0 Å². The molecular formula is C22H29NOS. The second-order valence-corrected chi connectivity index (χ2v) is 8.71. The highest BCUT2D eigenvalue weighted by molar-refractivity contribution is 8.03. The lowest BCUT2D eigenvalue weighted by Gasteiger charge is -2.34. The van der Waals surface area contributed by atoms with Gasteiger partial charge in [0.15, 0.2) is 0 Å². The maximum absolute atomic E-state index is 5.27. The van der Waals surface area contributed by atoms with Crippen LogP contribution in [0.2, 0.25) is 0 Å². The molecule has 0 radical (unpaired) electrons. The molecule has 0 spiro atoms. The summed E-state index contributed by atoms with van der Waals surface area (Å²) in [5, 5.41) is 0. The summed E-state index contributed by atoms with van der Waals surface area (Å²) >= 11 is 2.08. The van der Waals surface area contributed by atoms with Crippen molar-refractivity contribution in [2.24, 2.45) is 11.8 Å². The number of rotatable bonds is 5. The van der Waals surface area contributed by atoms with Gasteiger partial charge in [-0.1, -0.05) is 30.4 Å². The molecule has 1 aliphatic carbocycles. The van der Waals surface area contributed by atoms with Crippen molar-refractivity contribution in [2.75, 3.05) is 32.5 Å². The van der Waals surface area contributed by atoms with Crippen molar-refractivity contribution >= 4 is 11.8 Å². The van der Waals surface area contributed by atoms with E-state index in [4.69, 9.17) is 4.74 Å². The average molecular weight is 356 g/mol. The Hall–Kier alpha value is -1.19. The van der Waals surface area contributed by atoms with Crippen LogP contribution in [0.25, 0.3) is 0 Å². The van der Waals surface area contributed by atoms with Gasteiger partial charge in [0.2, 0.25) is 0 Å². The Morgan fingerprint density at radius 3 is 2.68 bits per heavy atom.